The zero-order chi connectivity index (χ0) is 22.6. The molecule has 0 unspecified atom stereocenters. The Hall–Kier alpha value is -3.58. The fraction of sp³-hybridized carbons (Fsp3) is 0.208. The minimum Gasteiger partial charge on any atom is -0.294 e. The number of nitro groups is 1. The van der Waals surface area contributed by atoms with E-state index in [0.29, 0.717) is 46.0 Å². The van der Waals surface area contributed by atoms with E-state index in [1.54, 1.807) is 35.0 Å². The Bertz CT molecular complexity index is 1410. The predicted molar refractivity (Wildman–Crippen MR) is 122 cm³/mol. The first kappa shape index (κ1) is 20.3. The minimum absolute atomic E-state index is 0.0318. The van der Waals surface area contributed by atoms with Gasteiger partial charge in [0.1, 0.15) is 0 Å². The number of non-ortho nitro benzene ring substituents is 1. The molecule has 5 rings (SSSR count). The van der Waals surface area contributed by atoms with E-state index in [-0.39, 0.29) is 16.9 Å². The standard InChI is InChI=1S/C24H19ClN4O3/c1-24(2)11-19-21(20(30)12-24)22(15-4-3-5-17(10-15)29(31)32)28-23(27-19)18(13-26-28)14-6-8-16(25)9-7-14/h3-10,13H,11-12H2,1-2H3. The number of carbonyl (C=O) groups is 1. The Labute approximate surface area is 188 Å². The first-order chi connectivity index (χ1) is 15.2. The lowest BCUT2D eigenvalue weighted by Gasteiger charge is -2.30. The molecule has 0 spiro atoms. The Morgan fingerprint density at radius 1 is 1.09 bits per heavy atom. The summed E-state index contributed by atoms with van der Waals surface area (Å²) in [5.41, 5.74) is 4.29. The van der Waals surface area contributed by atoms with E-state index >= 15 is 0 Å². The highest BCUT2D eigenvalue weighted by Crippen LogP contribution is 2.40. The summed E-state index contributed by atoms with van der Waals surface area (Å²) in [6.45, 7) is 4.09. The normalized spacial score (nSPS) is 15.0. The summed E-state index contributed by atoms with van der Waals surface area (Å²) in [6.07, 6.45) is 2.70. The van der Waals surface area contributed by atoms with Gasteiger partial charge in [0.05, 0.1) is 28.1 Å². The van der Waals surface area contributed by atoms with Crippen LogP contribution in [-0.4, -0.2) is 25.3 Å². The summed E-state index contributed by atoms with van der Waals surface area (Å²) in [6, 6.07) is 13.7. The molecule has 2 heterocycles. The number of ketones is 1. The first-order valence-electron chi connectivity index (χ1n) is 10.2. The first-order valence-corrected chi connectivity index (χ1v) is 10.6. The van der Waals surface area contributed by atoms with Crippen LogP contribution in [-0.2, 0) is 6.42 Å². The summed E-state index contributed by atoms with van der Waals surface area (Å²) < 4.78 is 1.62. The van der Waals surface area contributed by atoms with Gasteiger partial charge in [-0.25, -0.2) is 9.50 Å². The molecule has 0 saturated carbocycles. The SMILES string of the molecule is CC1(C)CC(=O)c2c(nc3c(-c4ccc(Cl)cc4)cnn3c2-c2cccc([N+](=O)[O-])c2)C1. The molecule has 0 bridgehead atoms. The van der Waals surface area contributed by atoms with Gasteiger partial charge in [-0.1, -0.05) is 49.7 Å². The molecule has 7 nitrogen and oxygen atoms in total. The van der Waals surface area contributed by atoms with E-state index in [2.05, 4.69) is 5.10 Å². The second-order valence-electron chi connectivity index (χ2n) is 8.83. The molecule has 4 aromatic rings. The monoisotopic (exact) mass is 446 g/mol. The van der Waals surface area contributed by atoms with Crippen LogP contribution in [0.2, 0.25) is 5.02 Å². The number of halogens is 1. The topological polar surface area (TPSA) is 90.4 Å². The third kappa shape index (κ3) is 3.35. The van der Waals surface area contributed by atoms with Gasteiger partial charge in [0.15, 0.2) is 11.4 Å². The lowest BCUT2D eigenvalue weighted by atomic mass is 9.75. The highest BCUT2D eigenvalue weighted by atomic mass is 35.5. The molecule has 0 N–H and O–H groups in total. The Balaban J connectivity index is 1.84. The molecule has 0 aliphatic heterocycles. The second-order valence-corrected chi connectivity index (χ2v) is 9.27. The van der Waals surface area contributed by atoms with Crippen molar-refractivity contribution in [1.82, 2.24) is 14.6 Å². The van der Waals surface area contributed by atoms with Crippen LogP contribution in [0.15, 0.2) is 54.7 Å². The molecule has 0 atom stereocenters. The number of fused-ring (bicyclic) bond motifs is 2. The molecular formula is C24H19ClN4O3. The lowest BCUT2D eigenvalue weighted by molar-refractivity contribution is -0.384. The third-order valence-corrected chi connectivity index (χ3v) is 6.02. The van der Waals surface area contributed by atoms with Crippen molar-refractivity contribution in [2.45, 2.75) is 26.7 Å². The molecule has 2 aromatic heterocycles. The van der Waals surface area contributed by atoms with Crippen LogP contribution in [0.1, 0.15) is 36.3 Å². The highest BCUT2D eigenvalue weighted by Gasteiger charge is 2.36. The van der Waals surface area contributed by atoms with E-state index in [9.17, 15) is 14.9 Å². The van der Waals surface area contributed by atoms with Crippen molar-refractivity contribution in [3.8, 4) is 22.4 Å². The fourth-order valence-electron chi connectivity index (χ4n) is 4.37. The summed E-state index contributed by atoms with van der Waals surface area (Å²) in [5.74, 6) is -0.0318. The summed E-state index contributed by atoms with van der Waals surface area (Å²) in [7, 11) is 0. The zero-order valence-corrected chi connectivity index (χ0v) is 18.3. The maximum atomic E-state index is 13.2. The van der Waals surface area contributed by atoms with E-state index in [1.807, 2.05) is 26.0 Å². The van der Waals surface area contributed by atoms with Crippen molar-refractivity contribution in [2.75, 3.05) is 0 Å². The van der Waals surface area contributed by atoms with Crippen LogP contribution in [0.5, 0.6) is 0 Å². The van der Waals surface area contributed by atoms with Gasteiger partial charge in [-0.15, -0.1) is 0 Å². The number of nitrogens with zero attached hydrogens (tertiary/aromatic N) is 4. The number of rotatable bonds is 3. The number of Topliss-reactive ketones (excluding diaryl/α,β-unsaturated/α-hetero) is 1. The minimum atomic E-state index is -0.443. The van der Waals surface area contributed by atoms with Gasteiger partial charge in [-0.2, -0.15) is 5.10 Å². The van der Waals surface area contributed by atoms with E-state index < -0.39 is 4.92 Å². The van der Waals surface area contributed by atoms with Crippen LogP contribution in [0, 0.1) is 15.5 Å². The average molecular weight is 447 g/mol. The zero-order valence-electron chi connectivity index (χ0n) is 17.5. The Morgan fingerprint density at radius 2 is 1.84 bits per heavy atom. The van der Waals surface area contributed by atoms with Crippen molar-refractivity contribution in [3.63, 3.8) is 0 Å². The molecular weight excluding hydrogens is 428 g/mol. The van der Waals surface area contributed by atoms with Crippen molar-refractivity contribution in [3.05, 3.63) is 81.1 Å². The largest absolute Gasteiger partial charge is 0.294 e. The molecule has 1 aliphatic carbocycles. The smallest absolute Gasteiger partial charge is 0.270 e. The molecule has 0 amide bonds. The number of hydrogen-bond donors (Lipinski definition) is 0. The van der Waals surface area contributed by atoms with Gasteiger partial charge in [0.2, 0.25) is 0 Å². The van der Waals surface area contributed by atoms with Crippen LogP contribution in [0.3, 0.4) is 0 Å². The summed E-state index contributed by atoms with van der Waals surface area (Å²) >= 11 is 6.05. The third-order valence-electron chi connectivity index (χ3n) is 5.77. The van der Waals surface area contributed by atoms with Crippen LogP contribution < -0.4 is 0 Å². The predicted octanol–water partition coefficient (Wildman–Crippen LogP) is 5.78. The molecule has 0 radical (unpaired) electrons. The quantitative estimate of drug-likeness (QED) is 0.294. The molecule has 2 aromatic carbocycles. The van der Waals surface area contributed by atoms with Gasteiger partial charge in [-0.3, -0.25) is 14.9 Å². The maximum absolute atomic E-state index is 13.2. The van der Waals surface area contributed by atoms with Gasteiger partial charge < -0.3 is 0 Å². The molecule has 160 valence electrons. The van der Waals surface area contributed by atoms with Crippen molar-refractivity contribution >= 4 is 28.7 Å². The number of nitro benzene ring substituents is 1. The Kier molecular flexibility index (Phi) is 4.60. The van der Waals surface area contributed by atoms with E-state index in [1.165, 1.54) is 12.1 Å². The summed E-state index contributed by atoms with van der Waals surface area (Å²) in [4.78, 5) is 29.1. The lowest BCUT2D eigenvalue weighted by Crippen LogP contribution is -2.29. The second kappa shape index (κ2) is 7.24. The number of hydrogen-bond acceptors (Lipinski definition) is 5. The average Bonchev–Trinajstić information content (AvgIpc) is 3.15. The molecule has 0 saturated heterocycles. The molecule has 8 heteroatoms. The van der Waals surface area contributed by atoms with Crippen molar-refractivity contribution < 1.29 is 9.72 Å². The highest BCUT2D eigenvalue weighted by molar-refractivity contribution is 6.30. The van der Waals surface area contributed by atoms with Crippen LogP contribution in [0.4, 0.5) is 5.69 Å². The van der Waals surface area contributed by atoms with Gasteiger partial charge in [-0.05, 0) is 29.5 Å². The summed E-state index contributed by atoms with van der Waals surface area (Å²) in [5, 5.41) is 16.6. The molecule has 0 fully saturated rings. The van der Waals surface area contributed by atoms with E-state index in [0.717, 1.165) is 11.1 Å². The van der Waals surface area contributed by atoms with E-state index in [4.69, 9.17) is 16.6 Å². The van der Waals surface area contributed by atoms with Gasteiger partial charge in [0.25, 0.3) is 5.69 Å². The van der Waals surface area contributed by atoms with Crippen molar-refractivity contribution in [1.29, 1.82) is 0 Å². The number of benzene rings is 2. The maximum Gasteiger partial charge on any atom is 0.270 e. The molecule has 1 aliphatic rings. The van der Waals surface area contributed by atoms with Crippen LogP contribution in [0.25, 0.3) is 28.0 Å². The van der Waals surface area contributed by atoms with Crippen LogP contribution >= 0.6 is 11.6 Å². The Morgan fingerprint density at radius 3 is 2.56 bits per heavy atom. The van der Waals surface area contributed by atoms with Crippen molar-refractivity contribution in [2.24, 2.45) is 5.41 Å². The number of carbonyl (C=O) groups excluding carboxylic acids is 1. The molecule has 32 heavy (non-hydrogen) atoms. The number of aromatic nitrogens is 3. The van der Waals surface area contributed by atoms with Gasteiger partial charge >= 0.3 is 0 Å². The fourth-order valence-corrected chi connectivity index (χ4v) is 4.49. The van der Waals surface area contributed by atoms with Gasteiger partial charge in [0, 0.05) is 34.7 Å².